The van der Waals surface area contributed by atoms with Gasteiger partial charge >= 0.3 is 0 Å². The van der Waals surface area contributed by atoms with Gasteiger partial charge in [0.05, 0.1) is 12.3 Å². The van der Waals surface area contributed by atoms with Crippen LogP contribution < -0.4 is 10.5 Å². The molecule has 0 radical (unpaired) electrons. The Labute approximate surface area is 138 Å². The molecule has 0 bridgehead atoms. The van der Waals surface area contributed by atoms with Crippen molar-refractivity contribution in [2.24, 2.45) is 16.6 Å². The zero-order chi connectivity index (χ0) is 13.9. The molecule has 0 heterocycles. The van der Waals surface area contributed by atoms with Crippen LogP contribution in [0.2, 0.25) is 0 Å². The molecule has 8 heteroatoms. The molecule has 0 aromatic heterocycles. The summed E-state index contributed by atoms with van der Waals surface area (Å²) in [7, 11) is -1.31. The third kappa shape index (κ3) is 5.72. The molecule has 2 rings (SSSR count). The van der Waals surface area contributed by atoms with Crippen LogP contribution in [0.5, 0.6) is 0 Å². The van der Waals surface area contributed by atoms with Crippen molar-refractivity contribution in [2.45, 2.75) is 38.1 Å². The van der Waals surface area contributed by atoms with Crippen LogP contribution in [0.3, 0.4) is 0 Å². The van der Waals surface area contributed by atoms with Crippen molar-refractivity contribution in [1.82, 2.24) is 9.62 Å². The minimum absolute atomic E-state index is 0. The molecule has 0 unspecified atom stereocenters. The van der Waals surface area contributed by atoms with Crippen molar-refractivity contribution in [3.05, 3.63) is 0 Å². The molecule has 2 saturated carbocycles. The fourth-order valence-electron chi connectivity index (χ4n) is 2.05. The van der Waals surface area contributed by atoms with Gasteiger partial charge in [0, 0.05) is 19.6 Å². The zero-order valence-electron chi connectivity index (χ0n) is 11.9. The lowest BCUT2D eigenvalue weighted by atomic mass is 9.86. The number of halogens is 1. The highest BCUT2D eigenvalue weighted by atomic mass is 127. The van der Waals surface area contributed by atoms with Gasteiger partial charge in [0.15, 0.2) is 5.96 Å². The first-order chi connectivity index (χ1) is 8.98. The predicted octanol–water partition coefficient (Wildman–Crippen LogP) is 0.733. The molecule has 0 amide bonds. The molecule has 2 aliphatic rings. The van der Waals surface area contributed by atoms with Crippen molar-refractivity contribution in [1.29, 1.82) is 0 Å². The van der Waals surface area contributed by atoms with Gasteiger partial charge < -0.3 is 10.6 Å². The van der Waals surface area contributed by atoms with Crippen LogP contribution >= 0.6 is 24.0 Å². The number of hydrogen-bond acceptors (Lipinski definition) is 3. The normalized spacial score (nSPS) is 20.1. The van der Waals surface area contributed by atoms with Gasteiger partial charge in [-0.05, 0) is 31.6 Å². The molecule has 0 aliphatic heterocycles. The number of nitrogens with two attached hydrogens (primary N) is 1. The van der Waals surface area contributed by atoms with Crippen LogP contribution in [-0.2, 0) is 10.0 Å². The molecule has 6 nitrogen and oxygen atoms in total. The van der Waals surface area contributed by atoms with Crippen molar-refractivity contribution < 1.29 is 8.42 Å². The number of nitrogens with one attached hydrogen (secondary N) is 1. The lowest BCUT2D eigenvalue weighted by molar-refractivity contribution is 0.316. The first-order valence-corrected chi connectivity index (χ1v) is 8.63. The number of nitrogens with zero attached hydrogens (tertiary/aromatic N) is 2. The average Bonchev–Trinajstić information content (AvgIpc) is 3.09. The summed E-state index contributed by atoms with van der Waals surface area (Å²) in [5.41, 5.74) is 5.80. The molecule has 2 fully saturated rings. The Bertz CT molecular complexity index is 433. The van der Waals surface area contributed by atoms with Crippen LogP contribution in [0.1, 0.15) is 32.1 Å². The molecule has 2 aliphatic carbocycles. The number of rotatable bonds is 7. The number of hydrogen-bond donors (Lipinski definition) is 2. The van der Waals surface area contributed by atoms with Crippen molar-refractivity contribution in [3.63, 3.8) is 0 Å². The Balaban J connectivity index is 0.00000200. The Kier molecular flexibility index (Phi) is 6.99. The van der Waals surface area contributed by atoms with E-state index >= 15 is 0 Å². The summed E-state index contributed by atoms with van der Waals surface area (Å²) >= 11 is 0. The summed E-state index contributed by atoms with van der Waals surface area (Å²) in [5, 5.41) is 0. The Hall–Kier alpha value is -0.0900. The van der Waals surface area contributed by atoms with Gasteiger partial charge in [-0.15, -0.1) is 24.0 Å². The highest BCUT2D eigenvalue weighted by Crippen LogP contribution is 2.25. The van der Waals surface area contributed by atoms with Gasteiger partial charge in [0.1, 0.15) is 0 Å². The Morgan fingerprint density at radius 1 is 1.35 bits per heavy atom. The molecular formula is C12H25IN4O2S. The molecule has 0 aromatic carbocycles. The van der Waals surface area contributed by atoms with E-state index in [9.17, 15) is 8.42 Å². The molecular weight excluding hydrogens is 391 g/mol. The molecule has 118 valence electrons. The van der Waals surface area contributed by atoms with E-state index in [-0.39, 0.29) is 36.3 Å². The molecule has 0 aromatic rings. The van der Waals surface area contributed by atoms with Gasteiger partial charge in [0.25, 0.3) is 0 Å². The van der Waals surface area contributed by atoms with E-state index in [0.717, 1.165) is 25.7 Å². The summed E-state index contributed by atoms with van der Waals surface area (Å²) in [6.07, 6.45) is 5.79. The van der Waals surface area contributed by atoms with E-state index in [1.165, 1.54) is 6.42 Å². The largest absolute Gasteiger partial charge is 0.370 e. The van der Waals surface area contributed by atoms with Crippen LogP contribution in [0.4, 0.5) is 0 Å². The average molecular weight is 416 g/mol. The van der Waals surface area contributed by atoms with Crippen LogP contribution in [0, 0.1) is 5.92 Å². The zero-order valence-corrected chi connectivity index (χ0v) is 15.1. The second-order valence-corrected chi connectivity index (χ2v) is 7.47. The van der Waals surface area contributed by atoms with Gasteiger partial charge in [-0.1, -0.05) is 6.42 Å². The van der Waals surface area contributed by atoms with Crippen LogP contribution in [0.25, 0.3) is 0 Å². The SMILES string of the molecule is CN(C(N)=NCCS(=O)(=O)NCC1CCC1)C1CC1.I. The monoisotopic (exact) mass is 416 g/mol. The highest BCUT2D eigenvalue weighted by molar-refractivity contribution is 14.0. The highest BCUT2D eigenvalue weighted by Gasteiger charge is 2.27. The van der Waals surface area contributed by atoms with E-state index < -0.39 is 10.0 Å². The fourth-order valence-corrected chi connectivity index (χ4v) is 3.02. The smallest absolute Gasteiger partial charge is 0.213 e. The fraction of sp³-hybridized carbons (Fsp3) is 0.917. The maximum Gasteiger partial charge on any atom is 0.213 e. The maximum atomic E-state index is 11.7. The van der Waals surface area contributed by atoms with Crippen molar-refractivity contribution >= 4 is 40.0 Å². The molecule has 0 saturated heterocycles. The maximum absolute atomic E-state index is 11.7. The minimum Gasteiger partial charge on any atom is -0.370 e. The quantitative estimate of drug-likeness (QED) is 0.364. The first-order valence-electron chi connectivity index (χ1n) is 6.98. The second-order valence-electron chi connectivity index (χ2n) is 5.55. The van der Waals surface area contributed by atoms with E-state index in [1.807, 2.05) is 11.9 Å². The molecule has 3 N–H and O–H groups in total. The van der Waals surface area contributed by atoms with E-state index in [4.69, 9.17) is 5.73 Å². The molecule has 0 atom stereocenters. The van der Waals surface area contributed by atoms with Crippen molar-refractivity contribution in [2.75, 3.05) is 25.9 Å². The van der Waals surface area contributed by atoms with Gasteiger partial charge in [-0.2, -0.15) is 0 Å². The standard InChI is InChI=1S/C12H24N4O2S.HI/c1-16(11-5-6-11)12(13)14-7-8-19(17,18)15-9-10-3-2-4-10;/h10-11,15H,2-9H2,1H3,(H2,13,14);1H. The molecule has 0 spiro atoms. The summed E-state index contributed by atoms with van der Waals surface area (Å²) in [4.78, 5) is 6.06. The number of aliphatic imine (C=N–C) groups is 1. The molecule has 20 heavy (non-hydrogen) atoms. The lowest BCUT2D eigenvalue weighted by Crippen LogP contribution is -2.37. The summed E-state index contributed by atoms with van der Waals surface area (Å²) in [6.45, 7) is 0.798. The first kappa shape index (κ1) is 18.0. The summed E-state index contributed by atoms with van der Waals surface area (Å²) < 4.78 is 26.1. The second kappa shape index (κ2) is 7.79. The Morgan fingerprint density at radius 3 is 2.50 bits per heavy atom. The number of sulfonamides is 1. The lowest BCUT2D eigenvalue weighted by Gasteiger charge is -2.25. The van der Waals surface area contributed by atoms with E-state index in [1.54, 1.807) is 0 Å². The number of guanidine groups is 1. The van der Waals surface area contributed by atoms with Crippen LogP contribution in [-0.4, -0.2) is 51.2 Å². The topological polar surface area (TPSA) is 87.8 Å². The predicted molar refractivity (Wildman–Crippen MR) is 91.8 cm³/mol. The van der Waals surface area contributed by atoms with E-state index in [0.29, 0.717) is 24.5 Å². The summed E-state index contributed by atoms with van der Waals surface area (Å²) in [5.74, 6) is 0.986. The van der Waals surface area contributed by atoms with Gasteiger partial charge in [-0.25, -0.2) is 13.1 Å². The Morgan fingerprint density at radius 2 is 2.00 bits per heavy atom. The van der Waals surface area contributed by atoms with Gasteiger partial charge in [-0.3, -0.25) is 4.99 Å². The summed E-state index contributed by atoms with van der Waals surface area (Å²) in [6, 6.07) is 0.497. The van der Waals surface area contributed by atoms with Crippen molar-refractivity contribution in [3.8, 4) is 0 Å². The van der Waals surface area contributed by atoms with Crippen LogP contribution in [0.15, 0.2) is 4.99 Å². The third-order valence-electron chi connectivity index (χ3n) is 3.91. The third-order valence-corrected chi connectivity index (χ3v) is 5.23. The van der Waals surface area contributed by atoms with E-state index in [2.05, 4.69) is 9.71 Å². The van der Waals surface area contributed by atoms with Gasteiger partial charge in [0.2, 0.25) is 10.0 Å². The minimum atomic E-state index is -3.21.